The standard InChI is InChI=1S/C14H14ClFN2/c1-2-18-14(11-4-3-7-17-9-11)10-5-6-13(16)12(15)8-10/h3-9,14,18H,2H2,1H3. The summed E-state index contributed by atoms with van der Waals surface area (Å²) >= 11 is 5.83. The second-order valence-electron chi connectivity index (χ2n) is 3.95. The normalized spacial score (nSPS) is 12.4. The van der Waals surface area contributed by atoms with Crippen LogP contribution in [0.1, 0.15) is 24.1 Å². The van der Waals surface area contributed by atoms with Crippen molar-refractivity contribution >= 4 is 11.6 Å². The van der Waals surface area contributed by atoms with Crippen LogP contribution in [0, 0.1) is 5.82 Å². The third-order valence-corrected chi connectivity index (χ3v) is 2.99. The van der Waals surface area contributed by atoms with Crippen molar-refractivity contribution in [2.24, 2.45) is 0 Å². The van der Waals surface area contributed by atoms with E-state index in [-0.39, 0.29) is 11.1 Å². The molecule has 2 rings (SSSR count). The summed E-state index contributed by atoms with van der Waals surface area (Å²) in [4.78, 5) is 4.11. The molecule has 0 bridgehead atoms. The summed E-state index contributed by atoms with van der Waals surface area (Å²) in [5.41, 5.74) is 1.96. The molecule has 0 saturated heterocycles. The first-order valence-corrected chi connectivity index (χ1v) is 6.18. The van der Waals surface area contributed by atoms with E-state index in [9.17, 15) is 4.39 Å². The summed E-state index contributed by atoms with van der Waals surface area (Å²) in [5, 5.41) is 3.48. The number of aromatic nitrogens is 1. The van der Waals surface area contributed by atoms with Gasteiger partial charge in [0.05, 0.1) is 11.1 Å². The maximum Gasteiger partial charge on any atom is 0.141 e. The van der Waals surface area contributed by atoms with E-state index in [1.165, 1.54) is 6.07 Å². The predicted molar refractivity (Wildman–Crippen MR) is 71.2 cm³/mol. The molecule has 1 atom stereocenters. The van der Waals surface area contributed by atoms with Gasteiger partial charge < -0.3 is 5.32 Å². The zero-order chi connectivity index (χ0) is 13.0. The lowest BCUT2D eigenvalue weighted by atomic mass is 10.00. The average Bonchev–Trinajstić information content (AvgIpc) is 2.40. The van der Waals surface area contributed by atoms with Gasteiger partial charge >= 0.3 is 0 Å². The summed E-state index contributed by atoms with van der Waals surface area (Å²) in [6.45, 7) is 2.82. The van der Waals surface area contributed by atoms with Gasteiger partial charge in [-0.2, -0.15) is 0 Å². The summed E-state index contributed by atoms with van der Waals surface area (Å²) in [5.74, 6) is -0.401. The van der Waals surface area contributed by atoms with Gasteiger partial charge in [0.15, 0.2) is 0 Å². The first-order chi connectivity index (χ1) is 8.72. The monoisotopic (exact) mass is 264 g/mol. The largest absolute Gasteiger partial charge is 0.306 e. The maximum absolute atomic E-state index is 13.2. The summed E-state index contributed by atoms with van der Waals surface area (Å²) in [7, 11) is 0. The number of hydrogen-bond acceptors (Lipinski definition) is 2. The molecule has 18 heavy (non-hydrogen) atoms. The third-order valence-electron chi connectivity index (χ3n) is 2.70. The second-order valence-corrected chi connectivity index (χ2v) is 4.36. The van der Waals surface area contributed by atoms with E-state index in [1.807, 2.05) is 19.1 Å². The molecule has 1 aromatic heterocycles. The number of benzene rings is 1. The van der Waals surface area contributed by atoms with Gasteiger partial charge in [-0.05, 0) is 35.9 Å². The molecule has 1 N–H and O–H groups in total. The van der Waals surface area contributed by atoms with E-state index < -0.39 is 5.82 Å². The smallest absolute Gasteiger partial charge is 0.141 e. The second kappa shape index (κ2) is 5.94. The molecule has 2 nitrogen and oxygen atoms in total. The van der Waals surface area contributed by atoms with Gasteiger partial charge in [-0.25, -0.2) is 4.39 Å². The van der Waals surface area contributed by atoms with Crippen molar-refractivity contribution in [1.29, 1.82) is 0 Å². The SMILES string of the molecule is CCNC(c1cccnc1)c1ccc(F)c(Cl)c1. The lowest BCUT2D eigenvalue weighted by molar-refractivity contribution is 0.613. The highest BCUT2D eigenvalue weighted by Crippen LogP contribution is 2.25. The van der Waals surface area contributed by atoms with Crippen molar-refractivity contribution in [3.8, 4) is 0 Å². The van der Waals surface area contributed by atoms with Crippen molar-refractivity contribution in [3.05, 3.63) is 64.7 Å². The molecular weight excluding hydrogens is 251 g/mol. The Labute approximate surface area is 111 Å². The van der Waals surface area contributed by atoms with E-state index in [0.717, 1.165) is 17.7 Å². The van der Waals surface area contributed by atoms with Crippen molar-refractivity contribution in [2.45, 2.75) is 13.0 Å². The van der Waals surface area contributed by atoms with Crippen LogP contribution in [0.5, 0.6) is 0 Å². The molecule has 1 unspecified atom stereocenters. The van der Waals surface area contributed by atoms with Gasteiger partial charge in [-0.1, -0.05) is 30.7 Å². The molecular formula is C14H14ClFN2. The van der Waals surface area contributed by atoms with Crippen molar-refractivity contribution in [2.75, 3.05) is 6.54 Å². The Bertz CT molecular complexity index is 516. The summed E-state index contributed by atoms with van der Waals surface area (Å²) < 4.78 is 13.2. The molecule has 0 fully saturated rings. The van der Waals surface area contributed by atoms with Crippen LogP contribution in [0.4, 0.5) is 4.39 Å². The van der Waals surface area contributed by atoms with Crippen molar-refractivity contribution < 1.29 is 4.39 Å². The molecule has 4 heteroatoms. The third kappa shape index (κ3) is 2.86. The topological polar surface area (TPSA) is 24.9 Å². The van der Waals surface area contributed by atoms with Crippen molar-refractivity contribution in [1.82, 2.24) is 10.3 Å². The fourth-order valence-electron chi connectivity index (χ4n) is 1.87. The Balaban J connectivity index is 2.38. The molecule has 1 aromatic carbocycles. The van der Waals surface area contributed by atoms with Gasteiger partial charge in [0, 0.05) is 12.4 Å². The Morgan fingerprint density at radius 3 is 2.78 bits per heavy atom. The molecule has 1 heterocycles. The molecule has 94 valence electrons. The van der Waals surface area contributed by atoms with E-state index in [0.29, 0.717) is 0 Å². The lowest BCUT2D eigenvalue weighted by Gasteiger charge is -2.18. The van der Waals surface area contributed by atoms with Crippen LogP contribution < -0.4 is 5.32 Å². The minimum absolute atomic E-state index is 0.0261. The fourth-order valence-corrected chi connectivity index (χ4v) is 2.06. The van der Waals surface area contributed by atoms with Crippen LogP contribution >= 0.6 is 11.6 Å². The molecule has 2 aromatic rings. The minimum atomic E-state index is -0.401. The molecule has 0 aliphatic carbocycles. The quantitative estimate of drug-likeness (QED) is 0.913. The molecule has 0 saturated carbocycles. The van der Waals surface area contributed by atoms with Crippen LogP contribution in [0.2, 0.25) is 5.02 Å². The first kappa shape index (κ1) is 13.0. The first-order valence-electron chi connectivity index (χ1n) is 5.80. The van der Waals surface area contributed by atoms with Crippen molar-refractivity contribution in [3.63, 3.8) is 0 Å². The highest BCUT2D eigenvalue weighted by Gasteiger charge is 2.14. The Morgan fingerprint density at radius 2 is 2.17 bits per heavy atom. The summed E-state index contributed by atoms with van der Waals surface area (Å²) in [6.07, 6.45) is 3.52. The van der Waals surface area contributed by atoms with E-state index in [1.54, 1.807) is 24.5 Å². The Hall–Kier alpha value is -1.45. The van der Waals surface area contributed by atoms with Gasteiger partial charge in [0.25, 0.3) is 0 Å². The molecule has 0 spiro atoms. The number of pyridine rings is 1. The van der Waals surface area contributed by atoms with Crippen LogP contribution in [0.3, 0.4) is 0 Å². The number of nitrogens with one attached hydrogen (secondary N) is 1. The number of halogens is 2. The van der Waals surface area contributed by atoms with Crippen LogP contribution in [-0.4, -0.2) is 11.5 Å². The fraction of sp³-hybridized carbons (Fsp3) is 0.214. The van der Waals surface area contributed by atoms with E-state index in [2.05, 4.69) is 10.3 Å². The van der Waals surface area contributed by atoms with E-state index in [4.69, 9.17) is 11.6 Å². The highest BCUT2D eigenvalue weighted by molar-refractivity contribution is 6.30. The highest BCUT2D eigenvalue weighted by atomic mass is 35.5. The number of nitrogens with zero attached hydrogens (tertiary/aromatic N) is 1. The van der Waals surface area contributed by atoms with Gasteiger partial charge in [-0.3, -0.25) is 4.98 Å². The maximum atomic E-state index is 13.2. The molecule has 0 radical (unpaired) electrons. The van der Waals surface area contributed by atoms with Gasteiger partial charge in [-0.15, -0.1) is 0 Å². The van der Waals surface area contributed by atoms with Gasteiger partial charge in [0.1, 0.15) is 5.82 Å². The minimum Gasteiger partial charge on any atom is -0.306 e. The molecule has 0 aliphatic rings. The Morgan fingerprint density at radius 1 is 1.33 bits per heavy atom. The number of hydrogen-bond donors (Lipinski definition) is 1. The van der Waals surface area contributed by atoms with Crippen LogP contribution in [-0.2, 0) is 0 Å². The molecule has 0 aliphatic heterocycles. The zero-order valence-electron chi connectivity index (χ0n) is 10.0. The van der Waals surface area contributed by atoms with E-state index >= 15 is 0 Å². The summed E-state index contributed by atoms with van der Waals surface area (Å²) in [6, 6.07) is 8.61. The average molecular weight is 265 g/mol. The zero-order valence-corrected chi connectivity index (χ0v) is 10.8. The molecule has 0 amide bonds. The van der Waals surface area contributed by atoms with Crippen LogP contribution in [0.25, 0.3) is 0 Å². The van der Waals surface area contributed by atoms with Gasteiger partial charge in [0.2, 0.25) is 0 Å². The number of rotatable bonds is 4. The van der Waals surface area contributed by atoms with Crippen LogP contribution in [0.15, 0.2) is 42.7 Å². The Kier molecular flexibility index (Phi) is 4.28. The predicted octanol–water partition coefficient (Wildman–Crippen LogP) is 3.57. The lowest BCUT2D eigenvalue weighted by Crippen LogP contribution is -2.22.